The van der Waals surface area contributed by atoms with Gasteiger partial charge in [0.1, 0.15) is 24.0 Å². The van der Waals surface area contributed by atoms with E-state index in [9.17, 15) is 8.78 Å². The Balaban J connectivity index is 1.61. The van der Waals surface area contributed by atoms with E-state index in [4.69, 9.17) is 4.74 Å². The van der Waals surface area contributed by atoms with E-state index in [0.29, 0.717) is 25.5 Å². The molecule has 148 valence electrons. The minimum Gasteiger partial charge on any atom is -0.435 e. The number of hydrogen-bond acceptors (Lipinski definition) is 6. The number of alkyl halides is 2. The summed E-state index contributed by atoms with van der Waals surface area (Å²) < 4.78 is 37.2. The molecule has 0 unspecified atom stereocenters. The van der Waals surface area contributed by atoms with Crippen LogP contribution in [0.15, 0.2) is 36.7 Å². The van der Waals surface area contributed by atoms with Crippen LogP contribution in [0.1, 0.15) is 30.7 Å². The molecule has 1 aliphatic heterocycles. The topological polar surface area (TPSA) is 64.8 Å². The molecule has 7 nitrogen and oxygen atoms in total. The average Bonchev–Trinajstić information content (AvgIpc) is 3.16. The zero-order chi connectivity index (χ0) is 19.5. The van der Waals surface area contributed by atoms with Gasteiger partial charge >= 0.3 is 6.61 Å². The molecule has 0 amide bonds. The molecule has 0 spiro atoms. The van der Waals surface area contributed by atoms with Crippen molar-refractivity contribution in [2.24, 2.45) is 0 Å². The number of fused-ring (bicyclic) bond motifs is 1. The molecule has 3 heterocycles. The number of benzene rings is 1. The summed E-state index contributed by atoms with van der Waals surface area (Å²) in [6.45, 7) is 1.01. The van der Waals surface area contributed by atoms with Gasteiger partial charge in [-0.25, -0.2) is 4.98 Å². The highest BCUT2D eigenvalue weighted by molar-refractivity contribution is 5.48. The Morgan fingerprint density at radius 3 is 3.04 bits per heavy atom. The van der Waals surface area contributed by atoms with E-state index < -0.39 is 6.61 Å². The predicted molar refractivity (Wildman–Crippen MR) is 98.8 cm³/mol. The first kappa shape index (κ1) is 18.5. The van der Waals surface area contributed by atoms with Gasteiger partial charge in [-0.05, 0) is 24.1 Å². The third-order valence-corrected chi connectivity index (χ3v) is 4.64. The molecule has 1 atom stereocenters. The molecule has 0 N–H and O–H groups in total. The van der Waals surface area contributed by atoms with E-state index >= 15 is 0 Å². The van der Waals surface area contributed by atoms with E-state index in [1.165, 1.54) is 12.4 Å². The molecule has 3 aromatic rings. The van der Waals surface area contributed by atoms with Crippen LogP contribution in [0.5, 0.6) is 5.75 Å². The first-order valence-corrected chi connectivity index (χ1v) is 9.25. The van der Waals surface area contributed by atoms with Gasteiger partial charge in [-0.2, -0.15) is 23.4 Å². The quantitative estimate of drug-likeness (QED) is 0.645. The van der Waals surface area contributed by atoms with Crippen molar-refractivity contribution in [2.45, 2.75) is 32.5 Å². The number of aryl methyl sites for hydroxylation is 1. The van der Waals surface area contributed by atoms with Gasteiger partial charge < -0.3 is 14.4 Å². The summed E-state index contributed by atoms with van der Waals surface area (Å²) in [5, 5.41) is 4.30. The smallest absolute Gasteiger partial charge is 0.387 e. The number of nitrogens with zero attached hydrogens (tertiary/aromatic N) is 5. The van der Waals surface area contributed by atoms with E-state index in [0.717, 1.165) is 29.9 Å². The molecular formula is C19H21F2N5O2. The maximum atomic E-state index is 12.5. The van der Waals surface area contributed by atoms with Crippen molar-refractivity contribution in [3.05, 3.63) is 47.9 Å². The average molecular weight is 389 g/mol. The number of hydrogen-bond donors (Lipinski definition) is 0. The van der Waals surface area contributed by atoms with Crippen molar-refractivity contribution in [1.82, 2.24) is 19.6 Å². The zero-order valence-corrected chi connectivity index (χ0v) is 15.5. The van der Waals surface area contributed by atoms with Crippen LogP contribution < -0.4 is 9.64 Å². The standard InChI is InChI=1S/C19H21F2N5O2/c1-2-4-14-10-17(26-19(24-14)22-12-23-26)25-7-8-27-16(11-25)13-5-3-6-15(9-13)28-18(20)21/h3,5-6,9-10,12,16,18H,2,4,7-8,11H2,1H3/t16-/m0/s1. The van der Waals surface area contributed by atoms with Gasteiger partial charge in [-0.1, -0.05) is 25.5 Å². The summed E-state index contributed by atoms with van der Waals surface area (Å²) in [6.07, 6.45) is 3.07. The molecule has 28 heavy (non-hydrogen) atoms. The molecule has 0 aliphatic carbocycles. The molecule has 4 rings (SSSR count). The fourth-order valence-corrected chi connectivity index (χ4v) is 3.40. The van der Waals surface area contributed by atoms with Crippen LogP contribution in [0.2, 0.25) is 0 Å². The largest absolute Gasteiger partial charge is 0.435 e. The fourth-order valence-electron chi connectivity index (χ4n) is 3.40. The van der Waals surface area contributed by atoms with Crippen LogP contribution in [0, 0.1) is 0 Å². The van der Waals surface area contributed by atoms with Gasteiger partial charge in [0, 0.05) is 24.8 Å². The number of anilines is 1. The Kier molecular flexibility index (Phi) is 5.34. The van der Waals surface area contributed by atoms with Gasteiger partial charge in [-0.3, -0.25) is 0 Å². The summed E-state index contributed by atoms with van der Waals surface area (Å²) in [5.41, 5.74) is 1.76. The first-order valence-electron chi connectivity index (χ1n) is 9.25. The monoisotopic (exact) mass is 389 g/mol. The molecule has 2 aromatic heterocycles. The molecule has 0 saturated carbocycles. The van der Waals surface area contributed by atoms with Crippen molar-refractivity contribution in [1.29, 1.82) is 0 Å². The molecule has 1 fully saturated rings. The Labute approximate surface area is 160 Å². The molecule has 0 radical (unpaired) electrons. The third-order valence-electron chi connectivity index (χ3n) is 4.64. The SMILES string of the molecule is CCCc1cc(N2CCO[C@H](c3cccc(OC(F)F)c3)C2)n2ncnc2n1. The minimum absolute atomic E-state index is 0.126. The summed E-state index contributed by atoms with van der Waals surface area (Å²) in [5.74, 6) is 1.59. The zero-order valence-electron chi connectivity index (χ0n) is 15.5. The lowest BCUT2D eigenvalue weighted by Gasteiger charge is -2.34. The van der Waals surface area contributed by atoms with Crippen molar-refractivity contribution in [3.8, 4) is 5.75 Å². The highest BCUT2D eigenvalue weighted by atomic mass is 19.3. The van der Waals surface area contributed by atoms with E-state index in [1.54, 1.807) is 16.6 Å². The maximum Gasteiger partial charge on any atom is 0.387 e. The molecule has 0 bridgehead atoms. The van der Waals surface area contributed by atoms with Crippen LogP contribution in [-0.4, -0.2) is 45.9 Å². The second kappa shape index (κ2) is 8.05. The maximum absolute atomic E-state index is 12.5. The minimum atomic E-state index is -2.85. The number of morpholine rings is 1. The van der Waals surface area contributed by atoms with Gasteiger partial charge in [0.25, 0.3) is 5.78 Å². The lowest BCUT2D eigenvalue weighted by Crippen LogP contribution is -2.39. The van der Waals surface area contributed by atoms with E-state index in [1.807, 2.05) is 12.1 Å². The van der Waals surface area contributed by atoms with Crippen molar-refractivity contribution >= 4 is 11.6 Å². The van der Waals surface area contributed by atoms with Gasteiger partial charge in [0.15, 0.2) is 0 Å². The van der Waals surface area contributed by atoms with E-state index in [-0.39, 0.29) is 11.9 Å². The second-order valence-corrected chi connectivity index (χ2v) is 6.58. The summed E-state index contributed by atoms with van der Waals surface area (Å²) in [4.78, 5) is 10.9. The van der Waals surface area contributed by atoms with E-state index in [2.05, 4.69) is 31.6 Å². The number of aromatic nitrogens is 4. The highest BCUT2D eigenvalue weighted by Gasteiger charge is 2.25. The number of rotatable bonds is 6. The third kappa shape index (κ3) is 3.89. The fraction of sp³-hybridized carbons (Fsp3) is 0.421. The normalized spacial score (nSPS) is 17.4. The van der Waals surface area contributed by atoms with Gasteiger partial charge in [0.05, 0.1) is 6.61 Å². The second-order valence-electron chi connectivity index (χ2n) is 6.58. The molecule has 1 saturated heterocycles. The van der Waals surface area contributed by atoms with Crippen LogP contribution in [0.25, 0.3) is 5.78 Å². The summed E-state index contributed by atoms with van der Waals surface area (Å²) in [7, 11) is 0. The van der Waals surface area contributed by atoms with Crippen LogP contribution in [-0.2, 0) is 11.2 Å². The Morgan fingerprint density at radius 1 is 1.32 bits per heavy atom. The highest BCUT2D eigenvalue weighted by Crippen LogP contribution is 2.29. The lowest BCUT2D eigenvalue weighted by atomic mass is 10.1. The molecule has 1 aromatic carbocycles. The summed E-state index contributed by atoms with van der Waals surface area (Å²) >= 11 is 0. The molecular weight excluding hydrogens is 368 g/mol. The summed E-state index contributed by atoms with van der Waals surface area (Å²) in [6, 6.07) is 8.68. The predicted octanol–water partition coefficient (Wildman–Crippen LogP) is 3.26. The van der Waals surface area contributed by atoms with Crippen LogP contribution in [0.4, 0.5) is 14.6 Å². The van der Waals surface area contributed by atoms with Crippen molar-refractivity contribution < 1.29 is 18.3 Å². The van der Waals surface area contributed by atoms with Crippen LogP contribution >= 0.6 is 0 Å². The Hall–Kier alpha value is -2.81. The molecule has 1 aliphatic rings. The Bertz CT molecular complexity index is 949. The van der Waals surface area contributed by atoms with Gasteiger partial charge in [-0.15, -0.1) is 0 Å². The molecule has 9 heteroatoms. The first-order chi connectivity index (χ1) is 13.6. The van der Waals surface area contributed by atoms with Crippen molar-refractivity contribution in [2.75, 3.05) is 24.6 Å². The van der Waals surface area contributed by atoms with Gasteiger partial charge in [0.2, 0.25) is 0 Å². The van der Waals surface area contributed by atoms with Crippen LogP contribution in [0.3, 0.4) is 0 Å². The van der Waals surface area contributed by atoms with Crippen molar-refractivity contribution in [3.63, 3.8) is 0 Å². The number of ether oxygens (including phenoxy) is 2. The Morgan fingerprint density at radius 2 is 2.21 bits per heavy atom. The number of halogens is 2. The lowest BCUT2D eigenvalue weighted by molar-refractivity contribution is -0.0501.